The van der Waals surface area contributed by atoms with Gasteiger partial charge < -0.3 is 19.9 Å². The molecule has 4 rings (SSSR count). The van der Waals surface area contributed by atoms with Crippen LogP contribution in [0.3, 0.4) is 0 Å². The van der Waals surface area contributed by atoms with Crippen molar-refractivity contribution in [3.8, 4) is 0 Å². The first kappa shape index (κ1) is 19.2. The number of rotatable bonds is 4. The number of morpholine rings is 1. The van der Waals surface area contributed by atoms with Gasteiger partial charge in [0.2, 0.25) is 11.8 Å². The Kier molecular flexibility index (Phi) is 5.58. The zero-order chi connectivity index (χ0) is 19.7. The van der Waals surface area contributed by atoms with Crippen molar-refractivity contribution >= 4 is 23.2 Å². The van der Waals surface area contributed by atoms with Crippen LogP contribution in [-0.2, 0) is 14.3 Å². The number of carbonyl (C=O) groups excluding carboxylic acids is 2. The second-order valence-electron chi connectivity index (χ2n) is 8.57. The number of hydrogen-bond acceptors (Lipinski definition) is 4. The van der Waals surface area contributed by atoms with Gasteiger partial charge in [-0.1, -0.05) is 12.1 Å². The van der Waals surface area contributed by atoms with Crippen LogP contribution < -0.4 is 10.2 Å². The average molecular weight is 386 g/mol. The first-order valence-electron chi connectivity index (χ1n) is 10.6. The van der Waals surface area contributed by atoms with Crippen LogP contribution in [0.2, 0.25) is 0 Å². The predicted octanol–water partition coefficient (Wildman–Crippen LogP) is 2.89. The smallest absolute Gasteiger partial charge is 0.229 e. The highest BCUT2D eigenvalue weighted by Gasteiger charge is 2.37. The minimum Gasteiger partial charge on any atom is -0.372 e. The summed E-state index contributed by atoms with van der Waals surface area (Å²) >= 11 is 0. The molecule has 1 aliphatic carbocycles. The van der Waals surface area contributed by atoms with Crippen molar-refractivity contribution in [2.24, 2.45) is 11.8 Å². The number of amides is 2. The van der Waals surface area contributed by atoms with Gasteiger partial charge in [-0.05, 0) is 51.7 Å². The summed E-state index contributed by atoms with van der Waals surface area (Å²) < 4.78 is 5.85. The van der Waals surface area contributed by atoms with Crippen LogP contribution in [-0.4, -0.2) is 55.1 Å². The van der Waals surface area contributed by atoms with E-state index >= 15 is 0 Å². The number of nitrogens with one attached hydrogen (secondary N) is 1. The van der Waals surface area contributed by atoms with Gasteiger partial charge in [-0.2, -0.15) is 0 Å². The lowest BCUT2D eigenvalue weighted by Crippen LogP contribution is -2.46. The zero-order valence-corrected chi connectivity index (χ0v) is 16.9. The molecule has 3 atom stereocenters. The van der Waals surface area contributed by atoms with Gasteiger partial charge in [0.15, 0.2) is 0 Å². The molecule has 0 radical (unpaired) electrons. The van der Waals surface area contributed by atoms with Gasteiger partial charge in [0.25, 0.3) is 0 Å². The maximum Gasteiger partial charge on any atom is 0.229 e. The number of piperidine rings is 1. The van der Waals surface area contributed by atoms with Crippen LogP contribution in [0, 0.1) is 11.8 Å². The number of nitrogens with zero attached hydrogens (tertiary/aromatic N) is 2. The van der Waals surface area contributed by atoms with Crippen molar-refractivity contribution in [1.29, 1.82) is 0 Å². The third-order valence-electron chi connectivity index (χ3n) is 5.95. The fourth-order valence-corrected chi connectivity index (χ4v) is 4.44. The van der Waals surface area contributed by atoms with Crippen molar-refractivity contribution in [1.82, 2.24) is 4.90 Å². The predicted molar refractivity (Wildman–Crippen MR) is 109 cm³/mol. The molecule has 1 N–H and O–H groups in total. The molecule has 0 aromatic heterocycles. The number of para-hydroxylation sites is 2. The van der Waals surface area contributed by atoms with E-state index in [1.54, 1.807) is 0 Å². The number of anilines is 2. The fraction of sp³-hybridized carbons (Fsp3) is 0.636. The van der Waals surface area contributed by atoms with E-state index in [1.807, 2.05) is 23.1 Å². The molecule has 0 spiro atoms. The largest absolute Gasteiger partial charge is 0.372 e. The van der Waals surface area contributed by atoms with E-state index in [1.165, 1.54) is 0 Å². The van der Waals surface area contributed by atoms with Crippen LogP contribution in [0.1, 0.15) is 39.5 Å². The first-order valence-corrected chi connectivity index (χ1v) is 10.6. The summed E-state index contributed by atoms with van der Waals surface area (Å²) in [5.74, 6) is 0.351. The second kappa shape index (κ2) is 8.11. The average Bonchev–Trinajstić information content (AvgIpc) is 3.52. The molecule has 2 heterocycles. The summed E-state index contributed by atoms with van der Waals surface area (Å²) in [6, 6.07) is 7.99. The van der Waals surface area contributed by atoms with Gasteiger partial charge in [-0.25, -0.2) is 0 Å². The van der Waals surface area contributed by atoms with Gasteiger partial charge in [-0.3, -0.25) is 9.59 Å². The molecule has 152 valence electrons. The van der Waals surface area contributed by atoms with Gasteiger partial charge >= 0.3 is 0 Å². The van der Waals surface area contributed by atoms with Crippen LogP contribution >= 0.6 is 0 Å². The molecule has 0 bridgehead atoms. The molecule has 2 aliphatic heterocycles. The lowest BCUT2D eigenvalue weighted by Gasteiger charge is -2.38. The van der Waals surface area contributed by atoms with Crippen molar-refractivity contribution in [2.75, 3.05) is 36.4 Å². The van der Waals surface area contributed by atoms with E-state index < -0.39 is 0 Å². The quantitative estimate of drug-likeness (QED) is 0.866. The van der Waals surface area contributed by atoms with E-state index in [9.17, 15) is 9.59 Å². The van der Waals surface area contributed by atoms with E-state index in [0.717, 1.165) is 56.7 Å². The summed E-state index contributed by atoms with van der Waals surface area (Å²) in [7, 11) is 0. The van der Waals surface area contributed by atoms with Gasteiger partial charge in [0.1, 0.15) is 0 Å². The summed E-state index contributed by atoms with van der Waals surface area (Å²) in [5, 5.41) is 3.15. The van der Waals surface area contributed by atoms with Gasteiger partial charge in [0, 0.05) is 32.1 Å². The van der Waals surface area contributed by atoms with Crippen molar-refractivity contribution in [2.45, 2.75) is 51.7 Å². The van der Waals surface area contributed by atoms with E-state index in [-0.39, 0.29) is 35.9 Å². The summed E-state index contributed by atoms with van der Waals surface area (Å²) in [6.45, 7) is 7.12. The van der Waals surface area contributed by atoms with Crippen LogP contribution in [0.5, 0.6) is 0 Å². The minimum atomic E-state index is -0.132. The molecule has 28 heavy (non-hydrogen) atoms. The lowest BCUT2D eigenvalue weighted by molar-refractivity contribution is -0.135. The molecule has 3 fully saturated rings. The van der Waals surface area contributed by atoms with Crippen LogP contribution in [0.15, 0.2) is 24.3 Å². The molecule has 2 amide bonds. The fourth-order valence-electron chi connectivity index (χ4n) is 4.44. The Bertz CT molecular complexity index is 723. The van der Waals surface area contributed by atoms with Crippen LogP contribution in [0.25, 0.3) is 0 Å². The third-order valence-corrected chi connectivity index (χ3v) is 5.95. The highest BCUT2D eigenvalue weighted by Crippen LogP contribution is 2.33. The summed E-state index contributed by atoms with van der Waals surface area (Å²) in [6.07, 6.45) is 4.08. The molecule has 6 heteroatoms. The first-order chi connectivity index (χ1) is 13.5. The molecular weight excluding hydrogens is 354 g/mol. The lowest BCUT2D eigenvalue weighted by atomic mass is 9.96. The molecule has 2 saturated heterocycles. The van der Waals surface area contributed by atoms with E-state index in [0.29, 0.717) is 6.54 Å². The Balaban J connectivity index is 1.43. The minimum absolute atomic E-state index is 0.0232. The molecule has 1 aromatic rings. The van der Waals surface area contributed by atoms with Gasteiger partial charge in [0.05, 0.1) is 29.5 Å². The normalized spacial score (nSPS) is 28.1. The Morgan fingerprint density at radius 3 is 2.43 bits per heavy atom. The Morgan fingerprint density at radius 1 is 1.00 bits per heavy atom. The topological polar surface area (TPSA) is 61.9 Å². The molecule has 1 saturated carbocycles. The Morgan fingerprint density at radius 2 is 1.71 bits per heavy atom. The van der Waals surface area contributed by atoms with Crippen molar-refractivity contribution in [3.05, 3.63) is 24.3 Å². The molecule has 6 nitrogen and oxygen atoms in total. The summed E-state index contributed by atoms with van der Waals surface area (Å²) in [4.78, 5) is 29.6. The van der Waals surface area contributed by atoms with E-state index in [4.69, 9.17) is 4.74 Å². The number of carbonyl (C=O) groups is 2. The van der Waals surface area contributed by atoms with Crippen molar-refractivity contribution < 1.29 is 14.3 Å². The number of hydrogen-bond donors (Lipinski definition) is 1. The number of ether oxygens (including phenoxy) is 1. The summed E-state index contributed by atoms with van der Waals surface area (Å²) in [5.41, 5.74) is 1.89. The third kappa shape index (κ3) is 4.32. The Hall–Kier alpha value is -2.08. The highest BCUT2D eigenvalue weighted by atomic mass is 16.5. The molecule has 3 aliphatic rings. The number of likely N-dealkylation sites (tertiary alicyclic amines) is 1. The monoisotopic (exact) mass is 385 g/mol. The van der Waals surface area contributed by atoms with Gasteiger partial charge in [-0.15, -0.1) is 0 Å². The maximum atomic E-state index is 13.0. The maximum absolute atomic E-state index is 13.0. The standard InChI is InChI=1S/C22H31N3O3/c1-15-12-25(13-16(2)28-15)20-8-4-3-7-19(20)23-21(26)18-6-5-11-24(14-18)22(27)17-9-10-17/h3-4,7-8,15-18H,5-6,9-14H2,1-2H3,(H,23,26)/t15-,16-,18+/m1/s1. The zero-order valence-electron chi connectivity index (χ0n) is 16.9. The SMILES string of the molecule is C[C@@H]1CN(c2ccccc2NC(=O)[C@H]2CCCN(C(=O)C3CC3)C2)C[C@@H](C)O1. The Labute approximate surface area is 167 Å². The number of benzene rings is 1. The van der Waals surface area contributed by atoms with Crippen LogP contribution in [0.4, 0.5) is 11.4 Å². The van der Waals surface area contributed by atoms with Crippen molar-refractivity contribution in [3.63, 3.8) is 0 Å². The molecular formula is C22H31N3O3. The van der Waals surface area contributed by atoms with E-state index in [2.05, 4.69) is 30.1 Å². The molecule has 0 unspecified atom stereocenters. The second-order valence-corrected chi connectivity index (χ2v) is 8.57. The molecule has 1 aromatic carbocycles. The highest BCUT2D eigenvalue weighted by molar-refractivity contribution is 5.96.